The van der Waals surface area contributed by atoms with E-state index in [1.165, 1.54) is 0 Å². The average molecular weight is 302 g/mol. The molecule has 0 aliphatic rings. The third-order valence-electron chi connectivity index (χ3n) is 2.57. The van der Waals surface area contributed by atoms with Crippen LogP contribution in [0.4, 0.5) is 0 Å². The lowest BCUT2D eigenvalue weighted by Gasteiger charge is -2.18. The fourth-order valence-corrected chi connectivity index (χ4v) is 2.76. The van der Waals surface area contributed by atoms with Crippen LogP contribution in [0, 0.1) is 12.3 Å². The van der Waals surface area contributed by atoms with Crippen molar-refractivity contribution in [3.63, 3.8) is 0 Å². The summed E-state index contributed by atoms with van der Waals surface area (Å²) in [5, 5.41) is 4.88. The predicted octanol–water partition coefficient (Wildman–Crippen LogP) is 4.40. The molecule has 1 nitrogen and oxygen atoms in total. The zero-order valence-corrected chi connectivity index (χ0v) is 12.7. The second-order valence-corrected chi connectivity index (χ2v) is 5.79. The van der Waals surface area contributed by atoms with E-state index in [-0.39, 0.29) is 6.04 Å². The van der Waals surface area contributed by atoms with Gasteiger partial charge in [0.15, 0.2) is 0 Å². The number of terminal acetylenes is 1. The van der Waals surface area contributed by atoms with Crippen LogP contribution in [0.25, 0.3) is 0 Å². The molecule has 0 heterocycles. The Morgan fingerprint density at radius 2 is 2.22 bits per heavy atom. The number of rotatable bonds is 7. The lowest BCUT2D eigenvalue weighted by Crippen LogP contribution is -2.23. The predicted molar refractivity (Wildman–Crippen MR) is 83.7 cm³/mol. The highest BCUT2D eigenvalue weighted by atomic mass is 35.5. The summed E-state index contributed by atoms with van der Waals surface area (Å²) in [5.41, 5.74) is 1.10. The third-order valence-corrected chi connectivity index (χ3v) is 3.99. The number of hydrogen-bond donors (Lipinski definition) is 1. The van der Waals surface area contributed by atoms with E-state index in [9.17, 15) is 0 Å². The van der Waals surface area contributed by atoms with Crippen LogP contribution in [0.15, 0.2) is 18.2 Å². The Bertz CT molecular complexity index is 415. The van der Waals surface area contributed by atoms with Crippen LogP contribution in [0.2, 0.25) is 10.0 Å². The summed E-state index contributed by atoms with van der Waals surface area (Å²) in [6.07, 6.45) is 6.19. The number of thioether (sulfide) groups is 1. The van der Waals surface area contributed by atoms with E-state index < -0.39 is 0 Å². The van der Waals surface area contributed by atoms with Crippen molar-refractivity contribution in [3.05, 3.63) is 33.8 Å². The van der Waals surface area contributed by atoms with Crippen LogP contribution in [-0.2, 0) is 0 Å². The molecule has 0 saturated carbocycles. The van der Waals surface area contributed by atoms with Crippen molar-refractivity contribution >= 4 is 35.0 Å². The standard InChI is InChI=1S/C14H17Cl2NS/c1-3-8-18-9-7-17-14(4-2)12-6-5-11(15)10-13(12)16/h1,5-6,10,14,17H,4,7-9H2,2H3. The summed E-state index contributed by atoms with van der Waals surface area (Å²) >= 11 is 13.9. The molecule has 1 aromatic rings. The summed E-state index contributed by atoms with van der Waals surface area (Å²) in [5.74, 6) is 4.39. The van der Waals surface area contributed by atoms with Gasteiger partial charge in [0.1, 0.15) is 0 Å². The minimum atomic E-state index is 0.265. The summed E-state index contributed by atoms with van der Waals surface area (Å²) in [6, 6.07) is 5.91. The summed E-state index contributed by atoms with van der Waals surface area (Å²) in [4.78, 5) is 0. The maximum atomic E-state index is 6.21. The van der Waals surface area contributed by atoms with E-state index in [4.69, 9.17) is 29.6 Å². The SMILES string of the molecule is C#CCSCCNC(CC)c1ccc(Cl)cc1Cl. The zero-order chi connectivity index (χ0) is 13.4. The number of halogens is 2. The van der Waals surface area contributed by atoms with Crippen LogP contribution < -0.4 is 5.32 Å². The Morgan fingerprint density at radius 1 is 1.44 bits per heavy atom. The highest BCUT2D eigenvalue weighted by molar-refractivity contribution is 7.99. The first-order valence-corrected chi connectivity index (χ1v) is 7.79. The van der Waals surface area contributed by atoms with Gasteiger partial charge in [-0.2, -0.15) is 0 Å². The molecule has 0 aromatic heterocycles. The van der Waals surface area contributed by atoms with Gasteiger partial charge in [-0.15, -0.1) is 18.2 Å². The minimum absolute atomic E-state index is 0.265. The first-order valence-electron chi connectivity index (χ1n) is 5.88. The van der Waals surface area contributed by atoms with E-state index in [1.54, 1.807) is 17.8 Å². The summed E-state index contributed by atoms with van der Waals surface area (Å²) < 4.78 is 0. The Labute approximate surface area is 124 Å². The monoisotopic (exact) mass is 301 g/mol. The van der Waals surface area contributed by atoms with Gasteiger partial charge >= 0.3 is 0 Å². The molecule has 0 bridgehead atoms. The molecule has 0 spiro atoms. The normalized spacial score (nSPS) is 12.1. The molecule has 1 N–H and O–H groups in total. The molecule has 0 aliphatic heterocycles. The lowest BCUT2D eigenvalue weighted by molar-refractivity contribution is 0.540. The maximum absolute atomic E-state index is 6.21. The first kappa shape index (κ1) is 15.7. The molecule has 0 aliphatic carbocycles. The summed E-state index contributed by atoms with van der Waals surface area (Å²) in [6.45, 7) is 3.06. The van der Waals surface area contributed by atoms with Crippen molar-refractivity contribution in [1.29, 1.82) is 0 Å². The molecular weight excluding hydrogens is 285 g/mol. The fraction of sp³-hybridized carbons (Fsp3) is 0.429. The smallest absolute Gasteiger partial charge is 0.0545 e. The lowest BCUT2D eigenvalue weighted by atomic mass is 10.0. The van der Waals surface area contributed by atoms with Gasteiger partial charge in [-0.05, 0) is 24.1 Å². The van der Waals surface area contributed by atoms with Crippen molar-refractivity contribution in [2.24, 2.45) is 0 Å². The summed E-state index contributed by atoms with van der Waals surface area (Å²) in [7, 11) is 0. The van der Waals surface area contributed by atoms with Crippen molar-refractivity contribution in [2.45, 2.75) is 19.4 Å². The van der Waals surface area contributed by atoms with Crippen LogP contribution in [-0.4, -0.2) is 18.1 Å². The first-order chi connectivity index (χ1) is 8.69. The molecule has 18 heavy (non-hydrogen) atoms. The van der Waals surface area contributed by atoms with Crippen molar-refractivity contribution in [1.82, 2.24) is 5.32 Å². The van der Waals surface area contributed by atoms with Gasteiger partial charge in [-0.3, -0.25) is 0 Å². The molecule has 1 aromatic carbocycles. The van der Waals surface area contributed by atoms with E-state index in [1.807, 2.05) is 12.1 Å². The van der Waals surface area contributed by atoms with E-state index in [0.717, 1.165) is 35.1 Å². The largest absolute Gasteiger partial charge is 0.309 e. The molecule has 0 amide bonds. The van der Waals surface area contributed by atoms with Gasteiger partial charge in [-0.25, -0.2) is 0 Å². The zero-order valence-electron chi connectivity index (χ0n) is 10.4. The second kappa shape index (κ2) is 8.72. The van der Waals surface area contributed by atoms with Crippen molar-refractivity contribution in [3.8, 4) is 12.3 Å². The topological polar surface area (TPSA) is 12.0 Å². The molecule has 1 unspecified atom stereocenters. The van der Waals surface area contributed by atoms with Gasteiger partial charge in [0, 0.05) is 28.4 Å². The van der Waals surface area contributed by atoms with Crippen molar-refractivity contribution in [2.75, 3.05) is 18.1 Å². The number of nitrogens with one attached hydrogen (secondary N) is 1. The minimum Gasteiger partial charge on any atom is -0.309 e. The fourth-order valence-electron chi connectivity index (χ4n) is 1.69. The van der Waals surface area contributed by atoms with E-state index >= 15 is 0 Å². The van der Waals surface area contributed by atoms with Gasteiger partial charge < -0.3 is 5.32 Å². The number of hydrogen-bond acceptors (Lipinski definition) is 2. The van der Waals surface area contributed by atoms with Gasteiger partial charge in [0.05, 0.1) is 5.75 Å². The Kier molecular flexibility index (Phi) is 7.62. The molecule has 0 fully saturated rings. The van der Waals surface area contributed by atoms with Gasteiger partial charge in [0.2, 0.25) is 0 Å². The molecule has 4 heteroatoms. The molecule has 1 rings (SSSR count). The quantitative estimate of drug-likeness (QED) is 0.592. The van der Waals surface area contributed by atoms with Gasteiger partial charge in [0.25, 0.3) is 0 Å². The van der Waals surface area contributed by atoms with E-state index in [2.05, 4.69) is 18.2 Å². The van der Waals surface area contributed by atoms with Crippen molar-refractivity contribution < 1.29 is 0 Å². The van der Waals surface area contributed by atoms with Crippen LogP contribution >= 0.6 is 35.0 Å². The van der Waals surface area contributed by atoms with Crippen LogP contribution in [0.3, 0.4) is 0 Å². The Balaban J connectivity index is 2.52. The molecule has 1 atom stereocenters. The Morgan fingerprint density at radius 3 is 2.83 bits per heavy atom. The molecule has 98 valence electrons. The highest BCUT2D eigenvalue weighted by Crippen LogP contribution is 2.27. The van der Waals surface area contributed by atoms with Crippen LogP contribution in [0.1, 0.15) is 24.9 Å². The van der Waals surface area contributed by atoms with Gasteiger partial charge in [-0.1, -0.05) is 42.1 Å². The molecule has 0 saturated heterocycles. The van der Waals surface area contributed by atoms with E-state index in [0.29, 0.717) is 5.02 Å². The third kappa shape index (κ3) is 5.12. The maximum Gasteiger partial charge on any atom is 0.0545 e. The second-order valence-electron chi connectivity index (χ2n) is 3.84. The molecular formula is C14H17Cl2NS. The molecule has 0 radical (unpaired) electrons. The Hall–Kier alpha value is -0.330. The number of benzene rings is 1. The van der Waals surface area contributed by atoms with Crippen LogP contribution in [0.5, 0.6) is 0 Å². The average Bonchev–Trinajstić information content (AvgIpc) is 2.35. The highest BCUT2D eigenvalue weighted by Gasteiger charge is 2.12.